The maximum atomic E-state index is 10.4. The highest BCUT2D eigenvalue weighted by Gasteiger charge is 2.25. The molecule has 18 heavy (non-hydrogen) atoms. The summed E-state index contributed by atoms with van der Waals surface area (Å²) in [5.41, 5.74) is 0. The molecule has 0 spiro atoms. The van der Waals surface area contributed by atoms with Gasteiger partial charge in [0, 0.05) is 19.1 Å². The van der Waals surface area contributed by atoms with Gasteiger partial charge < -0.3 is 15.3 Å². The third-order valence-electron chi connectivity index (χ3n) is 2.64. The molecule has 2 rings (SSSR count). The van der Waals surface area contributed by atoms with E-state index in [4.69, 9.17) is 5.11 Å². The Morgan fingerprint density at radius 1 is 1.61 bits per heavy atom. The Balaban J connectivity index is 1.67. The molecule has 1 aromatic rings. The third-order valence-corrected chi connectivity index (χ3v) is 4.64. The average molecular weight is 288 g/mol. The lowest BCUT2D eigenvalue weighted by molar-refractivity contribution is -0.133. The number of carbonyl (C=O) groups is 1. The van der Waals surface area contributed by atoms with E-state index in [2.05, 4.69) is 27.5 Å². The Kier molecular flexibility index (Phi) is 4.79. The van der Waals surface area contributed by atoms with Gasteiger partial charge in [0.1, 0.15) is 0 Å². The zero-order chi connectivity index (χ0) is 13.0. The van der Waals surface area contributed by atoms with E-state index in [9.17, 15) is 4.79 Å². The monoisotopic (exact) mass is 288 g/mol. The van der Waals surface area contributed by atoms with Crippen LogP contribution in [0.2, 0.25) is 0 Å². The lowest BCUT2D eigenvalue weighted by atomic mass is 10.5. The van der Waals surface area contributed by atoms with Gasteiger partial charge >= 0.3 is 5.97 Å². The highest BCUT2D eigenvalue weighted by molar-refractivity contribution is 8.01. The number of anilines is 1. The summed E-state index contributed by atoms with van der Waals surface area (Å²) >= 11 is 2.60. The quantitative estimate of drug-likeness (QED) is 0.696. The minimum Gasteiger partial charge on any atom is -0.481 e. The number of nitrogens with zero attached hydrogens (tertiary/aromatic N) is 3. The number of hydrogen-bond acceptors (Lipinski definition) is 7. The van der Waals surface area contributed by atoms with Crippen LogP contribution in [0, 0.1) is 0 Å². The van der Waals surface area contributed by atoms with Gasteiger partial charge in [0.05, 0.1) is 5.75 Å². The van der Waals surface area contributed by atoms with Crippen LogP contribution in [0.1, 0.15) is 12.8 Å². The van der Waals surface area contributed by atoms with Crippen molar-refractivity contribution in [2.24, 2.45) is 0 Å². The molecule has 0 aromatic carbocycles. The van der Waals surface area contributed by atoms with Crippen LogP contribution in [0.5, 0.6) is 0 Å². The van der Waals surface area contributed by atoms with Crippen LogP contribution in [-0.4, -0.2) is 58.1 Å². The van der Waals surface area contributed by atoms with E-state index in [1.165, 1.54) is 35.9 Å². The van der Waals surface area contributed by atoms with Crippen LogP contribution < -0.4 is 5.32 Å². The summed E-state index contributed by atoms with van der Waals surface area (Å²) in [4.78, 5) is 12.8. The minimum atomic E-state index is -0.837. The zero-order valence-corrected chi connectivity index (χ0v) is 11.8. The minimum absolute atomic E-state index is 0.0268. The molecule has 0 atom stereocenters. The first-order valence-electron chi connectivity index (χ1n) is 5.77. The van der Waals surface area contributed by atoms with Crippen LogP contribution in [-0.2, 0) is 4.79 Å². The second-order valence-corrected chi connectivity index (χ2v) is 6.39. The molecular weight excluding hydrogens is 272 g/mol. The average Bonchev–Trinajstić information content (AvgIpc) is 3.08. The highest BCUT2D eigenvalue weighted by atomic mass is 32.2. The van der Waals surface area contributed by atoms with Crippen molar-refractivity contribution >= 4 is 34.2 Å². The number of carboxylic acids is 1. The Morgan fingerprint density at radius 3 is 3.06 bits per heavy atom. The van der Waals surface area contributed by atoms with Crippen LogP contribution in [0.3, 0.4) is 0 Å². The summed E-state index contributed by atoms with van der Waals surface area (Å²) in [5.74, 6) is -0.810. The molecule has 1 aliphatic rings. The molecule has 6 nitrogen and oxygen atoms in total. The van der Waals surface area contributed by atoms with Gasteiger partial charge in [-0.1, -0.05) is 23.1 Å². The number of nitrogens with one attached hydrogen (secondary N) is 1. The zero-order valence-electron chi connectivity index (χ0n) is 10.1. The molecule has 1 aromatic heterocycles. The molecule has 0 unspecified atom stereocenters. The van der Waals surface area contributed by atoms with Gasteiger partial charge in [0.25, 0.3) is 0 Å². The highest BCUT2D eigenvalue weighted by Crippen LogP contribution is 2.26. The summed E-state index contributed by atoms with van der Waals surface area (Å²) in [6.07, 6.45) is 2.62. The Morgan fingerprint density at radius 2 is 2.39 bits per heavy atom. The number of hydrogen-bond donors (Lipinski definition) is 2. The second kappa shape index (κ2) is 6.35. The third kappa shape index (κ3) is 4.43. The largest absolute Gasteiger partial charge is 0.481 e. The van der Waals surface area contributed by atoms with E-state index in [1.807, 2.05) is 0 Å². The first-order chi connectivity index (χ1) is 8.65. The number of likely N-dealkylation sites (N-methyl/N-ethyl adjacent to an activating group) is 1. The summed E-state index contributed by atoms with van der Waals surface area (Å²) in [7, 11) is 2.13. The van der Waals surface area contributed by atoms with Crippen molar-refractivity contribution in [2.75, 3.05) is 31.2 Å². The molecule has 0 aliphatic heterocycles. The fourth-order valence-electron chi connectivity index (χ4n) is 1.50. The number of thioether (sulfide) groups is 1. The van der Waals surface area contributed by atoms with Crippen molar-refractivity contribution in [3.05, 3.63) is 0 Å². The standard InChI is InChI=1S/C10H16N4O2S2/c1-14(7-2-3-7)5-4-11-9-12-13-10(18-9)17-6-8(15)16/h7H,2-6H2,1H3,(H,11,12)(H,15,16). The smallest absolute Gasteiger partial charge is 0.313 e. The Bertz CT molecular complexity index is 408. The molecule has 1 saturated carbocycles. The molecule has 0 radical (unpaired) electrons. The van der Waals surface area contributed by atoms with Crippen LogP contribution in [0.4, 0.5) is 5.13 Å². The normalized spacial score (nSPS) is 15.0. The van der Waals surface area contributed by atoms with Crippen LogP contribution >= 0.6 is 23.1 Å². The van der Waals surface area contributed by atoms with E-state index in [-0.39, 0.29) is 5.75 Å². The maximum Gasteiger partial charge on any atom is 0.313 e. The molecule has 1 heterocycles. The molecular formula is C10H16N4O2S2. The first-order valence-corrected chi connectivity index (χ1v) is 7.57. The molecule has 100 valence electrons. The molecule has 0 amide bonds. The molecule has 1 aliphatic carbocycles. The summed E-state index contributed by atoms with van der Waals surface area (Å²) in [6.45, 7) is 1.83. The lowest BCUT2D eigenvalue weighted by Crippen LogP contribution is -2.26. The van der Waals surface area contributed by atoms with E-state index < -0.39 is 5.97 Å². The predicted octanol–water partition coefficient (Wildman–Crippen LogP) is 1.22. The number of aliphatic carboxylic acids is 1. The molecule has 1 fully saturated rings. The Labute approximate surface area is 114 Å². The van der Waals surface area contributed by atoms with Crippen molar-refractivity contribution in [1.29, 1.82) is 0 Å². The molecule has 2 N–H and O–H groups in total. The van der Waals surface area contributed by atoms with Gasteiger partial charge in [-0.15, -0.1) is 10.2 Å². The molecule has 0 saturated heterocycles. The molecule has 8 heteroatoms. The van der Waals surface area contributed by atoms with Crippen molar-refractivity contribution in [3.8, 4) is 0 Å². The van der Waals surface area contributed by atoms with Gasteiger partial charge in [-0.25, -0.2) is 0 Å². The predicted molar refractivity (Wildman–Crippen MR) is 72.4 cm³/mol. The number of carboxylic acid groups (broad SMARTS) is 1. The number of aromatic nitrogens is 2. The Hall–Kier alpha value is -0.860. The van der Waals surface area contributed by atoms with Gasteiger partial charge in [-0.05, 0) is 19.9 Å². The van der Waals surface area contributed by atoms with Crippen LogP contribution in [0.15, 0.2) is 4.34 Å². The molecule has 0 bridgehead atoms. The lowest BCUT2D eigenvalue weighted by Gasteiger charge is -2.14. The second-order valence-electron chi connectivity index (χ2n) is 4.19. The SMILES string of the molecule is CN(CCNc1nnc(SCC(=O)O)s1)C1CC1. The van der Waals surface area contributed by atoms with E-state index >= 15 is 0 Å². The maximum absolute atomic E-state index is 10.4. The van der Waals surface area contributed by atoms with Crippen molar-refractivity contribution in [1.82, 2.24) is 15.1 Å². The van der Waals surface area contributed by atoms with Gasteiger partial charge in [0.15, 0.2) is 4.34 Å². The van der Waals surface area contributed by atoms with Gasteiger partial charge in [-0.3, -0.25) is 4.79 Å². The van der Waals surface area contributed by atoms with Crippen molar-refractivity contribution in [2.45, 2.75) is 23.2 Å². The fourth-order valence-corrected chi connectivity index (χ4v) is 3.00. The summed E-state index contributed by atoms with van der Waals surface area (Å²) in [6, 6.07) is 0.767. The van der Waals surface area contributed by atoms with Crippen LogP contribution in [0.25, 0.3) is 0 Å². The van der Waals surface area contributed by atoms with Crippen molar-refractivity contribution < 1.29 is 9.90 Å². The van der Waals surface area contributed by atoms with Gasteiger partial charge in [-0.2, -0.15) is 0 Å². The topological polar surface area (TPSA) is 78.3 Å². The summed E-state index contributed by atoms with van der Waals surface area (Å²) < 4.78 is 0.690. The fraction of sp³-hybridized carbons (Fsp3) is 0.700. The van der Waals surface area contributed by atoms with E-state index in [0.717, 1.165) is 24.3 Å². The van der Waals surface area contributed by atoms with Crippen molar-refractivity contribution in [3.63, 3.8) is 0 Å². The summed E-state index contributed by atoms with van der Waals surface area (Å²) in [5, 5.41) is 20.4. The van der Waals surface area contributed by atoms with Gasteiger partial charge in [0.2, 0.25) is 5.13 Å². The van der Waals surface area contributed by atoms with E-state index in [0.29, 0.717) is 4.34 Å². The van der Waals surface area contributed by atoms with E-state index in [1.54, 1.807) is 0 Å². The number of rotatable bonds is 8. The first kappa shape index (κ1) is 13.6.